The van der Waals surface area contributed by atoms with Crippen LogP contribution in [0.2, 0.25) is 0 Å². The third-order valence-corrected chi connectivity index (χ3v) is 5.79. The molecular formula is C24H21N5O4S. The monoisotopic (exact) mass is 475 g/mol. The summed E-state index contributed by atoms with van der Waals surface area (Å²) in [6, 6.07) is 23.3. The molecule has 4 rings (SSSR count). The maximum absolute atomic E-state index is 12.6. The molecule has 0 unspecified atom stereocenters. The lowest BCUT2D eigenvalue weighted by Gasteiger charge is -2.11. The van der Waals surface area contributed by atoms with Gasteiger partial charge in [-0.05, 0) is 36.8 Å². The predicted molar refractivity (Wildman–Crippen MR) is 129 cm³/mol. The highest BCUT2D eigenvalue weighted by Crippen LogP contribution is 2.25. The summed E-state index contributed by atoms with van der Waals surface area (Å²) in [5, 5.41) is 22.9. The van der Waals surface area contributed by atoms with Crippen LogP contribution in [0.25, 0.3) is 5.69 Å². The molecule has 4 aromatic rings. The van der Waals surface area contributed by atoms with Crippen molar-refractivity contribution in [3.63, 3.8) is 0 Å². The molecule has 0 bridgehead atoms. The summed E-state index contributed by atoms with van der Waals surface area (Å²) in [6.45, 7) is 1.98. The van der Waals surface area contributed by atoms with Gasteiger partial charge in [0.2, 0.25) is 5.91 Å². The van der Waals surface area contributed by atoms with Crippen LogP contribution in [-0.4, -0.2) is 31.3 Å². The maximum Gasteiger partial charge on any atom is 0.271 e. The summed E-state index contributed by atoms with van der Waals surface area (Å²) in [5.74, 6) is 1.05. The molecule has 1 N–H and O–H groups in total. The first-order chi connectivity index (χ1) is 16.5. The van der Waals surface area contributed by atoms with Crippen LogP contribution in [0.3, 0.4) is 0 Å². The molecule has 1 amide bonds. The third kappa shape index (κ3) is 5.59. The van der Waals surface area contributed by atoms with Crippen molar-refractivity contribution in [1.29, 1.82) is 0 Å². The molecular weight excluding hydrogens is 454 g/mol. The van der Waals surface area contributed by atoms with Gasteiger partial charge in [-0.15, -0.1) is 10.2 Å². The number of amides is 1. The van der Waals surface area contributed by atoms with Crippen molar-refractivity contribution in [1.82, 2.24) is 14.8 Å². The number of aryl methyl sites for hydroxylation is 1. The van der Waals surface area contributed by atoms with Gasteiger partial charge in [-0.3, -0.25) is 19.5 Å². The van der Waals surface area contributed by atoms with E-state index < -0.39 is 4.92 Å². The fourth-order valence-electron chi connectivity index (χ4n) is 3.16. The lowest BCUT2D eigenvalue weighted by Crippen LogP contribution is -2.15. The number of nitrogens with zero attached hydrogens (tertiary/aromatic N) is 4. The summed E-state index contributed by atoms with van der Waals surface area (Å²) in [4.78, 5) is 23.1. The van der Waals surface area contributed by atoms with E-state index in [-0.39, 0.29) is 24.0 Å². The molecule has 0 aliphatic heterocycles. The number of non-ortho nitro benzene ring substituents is 1. The summed E-state index contributed by atoms with van der Waals surface area (Å²) >= 11 is 1.22. The second-order valence-corrected chi connectivity index (χ2v) is 8.21. The van der Waals surface area contributed by atoms with Crippen LogP contribution in [0.15, 0.2) is 84.0 Å². The van der Waals surface area contributed by atoms with Gasteiger partial charge in [-0.25, -0.2) is 0 Å². The van der Waals surface area contributed by atoms with Gasteiger partial charge in [0, 0.05) is 17.8 Å². The number of nitro benzene ring substituents is 1. The minimum atomic E-state index is -0.495. The Balaban J connectivity index is 1.49. The number of carbonyl (C=O) groups is 1. The lowest BCUT2D eigenvalue weighted by molar-refractivity contribution is -0.384. The van der Waals surface area contributed by atoms with E-state index in [0.29, 0.717) is 22.4 Å². The van der Waals surface area contributed by atoms with Crippen molar-refractivity contribution in [2.75, 3.05) is 11.1 Å². The molecule has 0 aliphatic carbocycles. The Morgan fingerprint density at radius 2 is 1.76 bits per heavy atom. The summed E-state index contributed by atoms with van der Waals surface area (Å²) in [6.07, 6.45) is 0. The second kappa shape index (κ2) is 10.6. The number of ether oxygens (including phenoxy) is 1. The Bertz CT molecular complexity index is 1300. The number of aromatic nitrogens is 3. The average molecular weight is 476 g/mol. The van der Waals surface area contributed by atoms with Gasteiger partial charge in [0.25, 0.3) is 5.69 Å². The van der Waals surface area contributed by atoms with E-state index in [0.717, 1.165) is 11.3 Å². The summed E-state index contributed by atoms with van der Waals surface area (Å²) in [5.41, 5.74) is 1.90. The number of hydrogen-bond acceptors (Lipinski definition) is 7. The van der Waals surface area contributed by atoms with Gasteiger partial charge in [0.05, 0.1) is 16.4 Å². The number of thioether (sulfide) groups is 1. The first-order valence-corrected chi connectivity index (χ1v) is 11.3. The zero-order valence-electron chi connectivity index (χ0n) is 18.2. The van der Waals surface area contributed by atoms with Crippen molar-refractivity contribution in [3.8, 4) is 11.4 Å². The quantitative estimate of drug-likeness (QED) is 0.210. The Hall–Kier alpha value is -4.18. The molecule has 0 saturated heterocycles. The van der Waals surface area contributed by atoms with Crippen molar-refractivity contribution in [2.45, 2.75) is 18.7 Å². The van der Waals surface area contributed by atoms with Crippen molar-refractivity contribution >= 4 is 29.0 Å². The number of anilines is 1. The molecule has 0 radical (unpaired) electrons. The van der Waals surface area contributed by atoms with Crippen LogP contribution in [0, 0.1) is 17.0 Å². The molecule has 0 fully saturated rings. The summed E-state index contributed by atoms with van der Waals surface area (Å²) < 4.78 is 7.70. The van der Waals surface area contributed by atoms with Crippen LogP contribution in [0.5, 0.6) is 5.75 Å². The van der Waals surface area contributed by atoms with Gasteiger partial charge in [-0.2, -0.15) is 0 Å². The topological polar surface area (TPSA) is 112 Å². The molecule has 3 aromatic carbocycles. The van der Waals surface area contributed by atoms with Gasteiger partial charge in [0.15, 0.2) is 11.0 Å². The van der Waals surface area contributed by atoms with Crippen LogP contribution in [-0.2, 0) is 11.4 Å². The van der Waals surface area contributed by atoms with Crippen LogP contribution in [0.4, 0.5) is 11.4 Å². The largest absolute Gasteiger partial charge is 0.486 e. The van der Waals surface area contributed by atoms with Crippen molar-refractivity contribution < 1.29 is 14.5 Å². The number of nitro groups is 1. The van der Waals surface area contributed by atoms with E-state index in [1.54, 1.807) is 13.0 Å². The normalized spacial score (nSPS) is 10.6. The number of carbonyl (C=O) groups excluding carboxylic acids is 1. The Labute approximate surface area is 199 Å². The van der Waals surface area contributed by atoms with E-state index in [9.17, 15) is 14.9 Å². The molecule has 0 spiro atoms. The maximum atomic E-state index is 12.6. The SMILES string of the molecule is Cc1ccc([N+](=O)[O-])cc1NC(=O)CSc1nnc(COc2ccccc2)n1-c1ccccc1. The van der Waals surface area contributed by atoms with Crippen LogP contribution in [0.1, 0.15) is 11.4 Å². The molecule has 10 heteroatoms. The highest BCUT2D eigenvalue weighted by Gasteiger charge is 2.17. The van der Waals surface area contributed by atoms with E-state index in [2.05, 4.69) is 15.5 Å². The number of nitrogens with one attached hydrogen (secondary N) is 1. The van der Waals surface area contributed by atoms with Gasteiger partial charge < -0.3 is 10.1 Å². The minimum absolute atomic E-state index is 0.0483. The first kappa shape index (κ1) is 23.0. The van der Waals surface area contributed by atoms with Gasteiger partial charge >= 0.3 is 0 Å². The van der Waals surface area contributed by atoms with Crippen molar-refractivity contribution in [3.05, 3.63) is 100 Å². The average Bonchev–Trinajstić information content (AvgIpc) is 3.26. The Morgan fingerprint density at radius 1 is 1.06 bits per heavy atom. The fraction of sp³-hybridized carbons (Fsp3) is 0.125. The van der Waals surface area contributed by atoms with Crippen LogP contribution >= 0.6 is 11.8 Å². The number of benzene rings is 3. The summed E-state index contributed by atoms with van der Waals surface area (Å²) in [7, 11) is 0. The van der Waals surface area contributed by atoms with E-state index >= 15 is 0 Å². The minimum Gasteiger partial charge on any atom is -0.486 e. The highest BCUT2D eigenvalue weighted by molar-refractivity contribution is 7.99. The molecule has 0 saturated carbocycles. The molecule has 34 heavy (non-hydrogen) atoms. The van der Waals surface area contributed by atoms with Gasteiger partial charge in [-0.1, -0.05) is 54.2 Å². The Kier molecular flexibility index (Phi) is 7.19. The van der Waals surface area contributed by atoms with E-state index in [4.69, 9.17) is 4.74 Å². The van der Waals surface area contributed by atoms with Crippen LogP contribution < -0.4 is 10.1 Å². The van der Waals surface area contributed by atoms with E-state index in [1.807, 2.05) is 65.2 Å². The highest BCUT2D eigenvalue weighted by atomic mass is 32.2. The third-order valence-electron chi connectivity index (χ3n) is 4.86. The molecule has 0 aliphatic rings. The van der Waals surface area contributed by atoms with Crippen molar-refractivity contribution in [2.24, 2.45) is 0 Å². The fourth-order valence-corrected chi connectivity index (χ4v) is 3.93. The zero-order chi connectivity index (χ0) is 23.9. The second-order valence-electron chi connectivity index (χ2n) is 7.26. The lowest BCUT2D eigenvalue weighted by atomic mass is 10.2. The zero-order valence-corrected chi connectivity index (χ0v) is 19.1. The smallest absolute Gasteiger partial charge is 0.271 e. The molecule has 172 valence electrons. The molecule has 1 aromatic heterocycles. The first-order valence-electron chi connectivity index (χ1n) is 10.4. The molecule has 9 nitrogen and oxygen atoms in total. The predicted octanol–water partition coefficient (Wildman–Crippen LogP) is 4.79. The number of rotatable bonds is 9. The molecule has 1 heterocycles. The number of hydrogen-bond donors (Lipinski definition) is 1. The molecule has 0 atom stereocenters. The standard InChI is InChI=1S/C24H21N5O4S/c1-17-12-13-19(29(31)32)14-21(17)25-23(30)16-34-24-27-26-22(15-33-20-10-6-3-7-11-20)28(24)18-8-4-2-5-9-18/h2-14H,15-16H2,1H3,(H,25,30). The Morgan fingerprint density at radius 3 is 2.47 bits per heavy atom. The van der Waals surface area contributed by atoms with Gasteiger partial charge in [0.1, 0.15) is 12.4 Å². The number of para-hydroxylation sites is 2. The van der Waals surface area contributed by atoms with E-state index in [1.165, 1.54) is 23.9 Å².